The molecule has 0 unspecified atom stereocenters. The second-order valence-corrected chi connectivity index (χ2v) is 3.48. The number of nitrogen functional groups attached to an aromatic ring is 1. The van der Waals surface area contributed by atoms with Gasteiger partial charge < -0.3 is 20.8 Å². The van der Waals surface area contributed by atoms with E-state index in [9.17, 15) is 0 Å². The van der Waals surface area contributed by atoms with E-state index < -0.39 is 0 Å². The number of aryl methyl sites for hydroxylation is 1. The van der Waals surface area contributed by atoms with Crippen LogP contribution in [0.3, 0.4) is 0 Å². The first-order chi connectivity index (χ1) is 7.19. The number of nitrogens with zero attached hydrogens (tertiary/aromatic N) is 1. The average Bonchev–Trinajstić information content (AvgIpc) is 2.22. The van der Waals surface area contributed by atoms with Crippen molar-refractivity contribution in [1.29, 1.82) is 0 Å². The lowest BCUT2D eigenvalue weighted by Crippen LogP contribution is -2.29. The number of aliphatic hydroxyl groups is 2. The van der Waals surface area contributed by atoms with Crippen LogP contribution < -0.4 is 10.6 Å². The highest BCUT2D eigenvalue weighted by Crippen LogP contribution is 2.20. The number of halogens is 1. The second-order valence-electron chi connectivity index (χ2n) is 3.48. The molecule has 0 amide bonds. The Morgan fingerprint density at radius 3 is 2.19 bits per heavy atom. The number of hydrogen-bond acceptors (Lipinski definition) is 4. The van der Waals surface area contributed by atoms with Crippen LogP contribution in [0.25, 0.3) is 0 Å². The molecular formula is C11H19ClN2O2. The van der Waals surface area contributed by atoms with E-state index >= 15 is 0 Å². The highest BCUT2D eigenvalue weighted by molar-refractivity contribution is 5.85. The number of hydrogen-bond donors (Lipinski definition) is 3. The van der Waals surface area contributed by atoms with Crippen molar-refractivity contribution < 1.29 is 10.2 Å². The summed E-state index contributed by atoms with van der Waals surface area (Å²) in [5, 5.41) is 17.8. The van der Waals surface area contributed by atoms with E-state index in [1.807, 2.05) is 30.0 Å². The normalized spacial score (nSPS) is 9.69. The van der Waals surface area contributed by atoms with Crippen molar-refractivity contribution >= 4 is 23.8 Å². The van der Waals surface area contributed by atoms with Crippen LogP contribution in [0.1, 0.15) is 5.56 Å². The van der Waals surface area contributed by atoms with Crippen LogP contribution in [0.15, 0.2) is 18.2 Å². The molecule has 5 heteroatoms. The fourth-order valence-electron chi connectivity index (χ4n) is 1.47. The van der Waals surface area contributed by atoms with E-state index in [-0.39, 0.29) is 25.6 Å². The minimum atomic E-state index is 0. The van der Waals surface area contributed by atoms with Gasteiger partial charge in [-0.15, -0.1) is 12.4 Å². The highest BCUT2D eigenvalue weighted by Gasteiger charge is 2.05. The predicted molar refractivity (Wildman–Crippen MR) is 69.2 cm³/mol. The number of rotatable bonds is 5. The minimum absolute atomic E-state index is 0. The Kier molecular flexibility index (Phi) is 6.88. The first kappa shape index (κ1) is 15.0. The highest BCUT2D eigenvalue weighted by atomic mass is 35.5. The smallest absolute Gasteiger partial charge is 0.0606 e. The van der Waals surface area contributed by atoms with E-state index in [1.54, 1.807) is 0 Å². The average molecular weight is 247 g/mol. The Morgan fingerprint density at radius 1 is 1.19 bits per heavy atom. The number of benzene rings is 1. The van der Waals surface area contributed by atoms with Crippen LogP contribution in [-0.4, -0.2) is 36.5 Å². The molecule has 0 aliphatic heterocycles. The topological polar surface area (TPSA) is 69.7 Å². The molecule has 1 aromatic carbocycles. The van der Waals surface area contributed by atoms with Crippen LogP contribution in [0, 0.1) is 6.92 Å². The van der Waals surface area contributed by atoms with Crippen LogP contribution in [0.5, 0.6) is 0 Å². The van der Waals surface area contributed by atoms with Crippen molar-refractivity contribution in [3.05, 3.63) is 23.8 Å². The van der Waals surface area contributed by atoms with Gasteiger partial charge >= 0.3 is 0 Å². The molecule has 0 aliphatic carbocycles. The quantitative estimate of drug-likeness (QED) is 0.672. The van der Waals surface area contributed by atoms with Gasteiger partial charge in [0, 0.05) is 24.5 Å². The Labute approximate surface area is 102 Å². The lowest BCUT2D eigenvalue weighted by atomic mass is 10.1. The van der Waals surface area contributed by atoms with Crippen LogP contribution in [0.4, 0.5) is 11.4 Å². The summed E-state index contributed by atoms with van der Waals surface area (Å²) in [5.74, 6) is 0. The van der Waals surface area contributed by atoms with Crippen molar-refractivity contribution in [2.75, 3.05) is 36.9 Å². The maximum absolute atomic E-state index is 8.90. The monoisotopic (exact) mass is 246 g/mol. The van der Waals surface area contributed by atoms with Crippen molar-refractivity contribution in [2.45, 2.75) is 6.92 Å². The van der Waals surface area contributed by atoms with Gasteiger partial charge in [-0.2, -0.15) is 0 Å². The lowest BCUT2D eigenvalue weighted by molar-refractivity contribution is 0.281. The molecular weight excluding hydrogens is 228 g/mol. The van der Waals surface area contributed by atoms with Gasteiger partial charge in [-0.1, -0.05) is 0 Å². The largest absolute Gasteiger partial charge is 0.399 e. The van der Waals surface area contributed by atoms with E-state index in [2.05, 4.69) is 0 Å². The third-order valence-corrected chi connectivity index (χ3v) is 2.36. The molecule has 0 atom stereocenters. The third-order valence-electron chi connectivity index (χ3n) is 2.36. The maximum Gasteiger partial charge on any atom is 0.0606 e. The summed E-state index contributed by atoms with van der Waals surface area (Å²) in [6.45, 7) is 3.12. The molecule has 0 aliphatic rings. The number of anilines is 2. The fourth-order valence-corrected chi connectivity index (χ4v) is 1.47. The molecule has 4 nitrogen and oxygen atoms in total. The van der Waals surface area contributed by atoms with Crippen molar-refractivity contribution in [1.82, 2.24) is 0 Å². The summed E-state index contributed by atoms with van der Waals surface area (Å²) in [7, 11) is 0. The summed E-state index contributed by atoms with van der Waals surface area (Å²) in [4.78, 5) is 1.92. The zero-order chi connectivity index (χ0) is 11.3. The molecule has 92 valence electrons. The molecule has 0 aromatic heterocycles. The molecule has 0 spiro atoms. The van der Waals surface area contributed by atoms with E-state index in [0.717, 1.165) is 16.9 Å². The summed E-state index contributed by atoms with van der Waals surface area (Å²) >= 11 is 0. The van der Waals surface area contributed by atoms with E-state index in [4.69, 9.17) is 15.9 Å². The van der Waals surface area contributed by atoms with Crippen LogP contribution in [0.2, 0.25) is 0 Å². The van der Waals surface area contributed by atoms with E-state index in [1.165, 1.54) is 0 Å². The molecule has 0 fully saturated rings. The fraction of sp³-hybridized carbons (Fsp3) is 0.455. The predicted octanol–water partition coefficient (Wildman–Crippen LogP) is 0.790. The first-order valence-corrected chi connectivity index (χ1v) is 5.02. The first-order valence-electron chi connectivity index (χ1n) is 5.02. The summed E-state index contributed by atoms with van der Waals surface area (Å²) in [6, 6.07) is 5.70. The van der Waals surface area contributed by atoms with E-state index in [0.29, 0.717) is 13.1 Å². The number of nitrogens with two attached hydrogens (primary N) is 1. The molecule has 0 saturated heterocycles. The molecule has 0 radical (unpaired) electrons. The molecule has 4 N–H and O–H groups in total. The van der Waals surface area contributed by atoms with Gasteiger partial charge in [0.1, 0.15) is 0 Å². The zero-order valence-electron chi connectivity index (χ0n) is 9.39. The summed E-state index contributed by atoms with van der Waals surface area (Å²) in [6.07, 6.45) is 0. The zero-order valence-corrected chi connectivity index (χ0v) is 10.2. The molecule has 16 heavy (non-hydrogen) atoms. The Hall–Kier alpha value is -0.970. The standard InChI is InChI=1S/C11H18N2O2.ClH/c1-9-8-10(2-3-11(9)12)13(4-6-14)5-7-15;/h2-3,8,14-15H,4-7,12H2,1H3;1H. The van der Waals surface area contributed by atoms with Gasteiger partial charge in [-0.25, -0.2) is 0 Å². The summed E-state index contributed by atoms with van der Waals surface area (Å²) < 4.78 is 0. The van der Waals surface area contributed by atoms with Gasteiger partial charge in [0.25, 0.3) is 0 Å². The van der Waals surface area contributed by atoms with Crippen molar-refractivity contribution in [3.8, 4) is 0 Å². The Morgan fingerprint density at radius 2 is 1.75 bits per heavy atom. The molecule has 0 heterocycles. The SMILES string of the molecule is Cc1cc(N(CCO)CCO)ccc1N.Cl. The van der Waals surface area contributed by atoms with Crippen LogP contribution >= 0.6 is 12.4 Å². The van der Waals surface area contributed by atoms with Gasteiger partial charge in [-0.3, -0.25) is 0 Å². The minimum Gasteiger partial charge on any atom is -0.399 e. The molecule has 0 bridgehead atoms. The maximum atomic E-state index is 8.90. The molecule has 1 aromatic rings. The van der Waals surface area contributed by atoms with Gasteiger partial charge in [-0.05, 0) is 30.7 Å². The summed E-state index contributed by atoms with van der Waals surface area (Å²) in [5.41, 5.74) is 8.46. The van der Waals surface area contributed by atoms with Gasteiger partial charge in [0.05, 0.1) is 13.2 Å². The Balaban J connectivity index is 0.00000225. The third kappa shape index (κ3) is 3.89. The lowest BCUT2D eigenvalue weighted by Gasteiger charge is -2.23. The van der Waals surface area contributed by atoms with Crippen molar-refractivity contribution in [3.63, 3.8) is 0 Å². The molecule has 0 saturated carbocycles. The number of aliphatic hydroxyl groups excluding tert-OH is 2. The van der Waals surface area contributed by atoms with Crippen LogP contribution in [-0.2, 0) is 0 Å². The molecule has 1 rings (SSSR count). The second kappa shape index (κ2) is 7.33. The van der Waals surface area contributed by atoms with Crippen molar-refractivity contribution in [2.24, 2.45) is 0 Å². The Bertz CT molecular complexity index is 315. The van der Waals surface area contributed by atoms with Gasteiger partial charge in [0.2, 0.25) is 0 Å². The van der Waals surface area contributed by atoms with Gasteiger partial charge in [0.15, 0.2) is 0 Å².